The summed E-state index contributed by atoms with van der Waals surface area (Å²) in [7, 11) is 3.16. The van der Waals surface area contributed by atoms with Crippen LogP contribution < -0.4 is 14.2 Å². The summed E-state index contributed by atoms with van der Waals surface area (Å²) >= 11 is 0. The lowest BCUT2D eigenvalue weighted by molar-refractivity contribution is -0.0549. The smallest absolute Gasteiger partial charge is 0.168 e. The van der Waals surface area contributed by atoms with Gasteiger partial charge in [-0.15, -0.1) is 0 Å². The highest BCUT2D eigenvalue weighted by molar-refractivity contribution is 5.59. The van der Waals surface area contributed by atoms with Crippen LogP contribution in [0.1, 0.15) is 38.0 Å². The lowest BCUT2D eigenvalue weighted by Crippen LogP contribution is -2.27. The van der Waals surface area contributed by atoms with Crippen molar-refractivity contribution in [3.05, 3.63) is 17.2 Å². The predicted octanol–water partition coefficient (Wildman–Crippen LogP) is 2.44. The van der Waals surface area contributed by atoms with Crippen molar-refractivity contribution < 1.29 is 24.1 Å². The minimum Gasteiger partial charge on any atom is -0.496 e. The van der Waals surface area contributed by atoms with E-state index in [4.69, 9.17) is 18.9 Å². The largest absolute Gasteiger partial charge is 0.496 e. The predicted molar refractivity (Wildman–Crippen MR) is 74.5 cm³/mol. The van der Waals surface area contributed by atoms with Gasteiger partial charge in [-0.05, 0) is 20.8 Å². The average molecular weight is 282 g/mol. The molecule has 0 bridgehead atoms. The Balaban J connectivity index is 2.64. The van der Waals surface area contributed by atoms with Crippen molar-refractivity contribution >= 4 is 0 Å². The van der Waals surface area contributed by atoms with E-state index in [0.717, 1.165) is 5.56 Å². The second kappa shape index (κ2) is 5.89. The van der Waals surface area contributed by atoms with Gasteiger partial charge in [0.15, 0.2) is 11.5 Å². The molecular formula is C15H22O5. The van der Waals surface area contributed by atoms with Gasteiger partial charge in [-0.3, -0.25) is 0 Å². The highest BCUT2D eigenvalue weighted by Gasteiger charge is 2.33. The minimum absolute atomic E-state index is 0.0215. The fraction of sp³-hybridized carbons (Fsp3) is 0.600. The van der Waals surface area contributed by atoms with E-state index in [0.29, 0.717) is 29.4 Å². The van der Waals surface area contributed by atoms with E-state index < -0.39 is 6.10 Å². The number of methoxy groups -OCH3 is 2. The summed E-state index contributed by atoms with van der Waals surface area (Å²) < 4.78 is 22.2. The van der Waals surface area contributed by atoms with Crippen molar-refractivity contribution in [1.82, 2.24) is 0 Å². The van der Waals surface area contributed by atoms with Crippen molar-refractivity contribution in [3.63, 3.8) is 0 Å². The monoisotopic (exact) mass is 282 g/mol. The second-order valence-electron chi connectivity index (χ2n) is 5.13. The van der Waals surface area contributed by atoms with Gasteiger partial charge >= 0.3 is 0 Å². The number of fused-ring (bicyclic) bond motifs is 1. The van der Waals surface area contributed by atoms with E-state index in [1.165, 1.54) is 0 Å². The standard InChI is InChI=1S/C15H22O5/c1-8(2)20-15-12(18-5)6-11(17-4)10-7-19-9(3)14(16)13(10)15/h6,8-9,14,16H,7H2,1-5H3/t9-,14+/m0/s1. The van der Waals surface area contributed by atoms with E-state index in [2.05, 4.69) is 0 Å². The maximum absolute atomic E-state index is 10.4. The van der Waals surface area contributed by atoms with Gasteiger partial charge in [-0.1, -0.05) is 0 Å². The number of hydrogen-bond donors (Lipinski definition) is 1. The third kappa shape index (κ3) is 2.55. The Hall–Kier alpha value is -1.46. The summed E-state index contributed by atoms with van der Waals surface area (Å²) in [5, 5.41) is 10.4. The quantitative estimate of drug-likeness (QED) is 0.919. The molecule has 5 nitrogen and oxygen atoms in total. The number of hydrogen-bond acceptors (Lipinski definition) is 5. The van der Waals surface area contributed by atoms with Crippen LogP contribution in [0, 0.1) is 0 Å². The van der Waals surface area contributed by atoms with Crippen LogP contribution in [-0.2, 0) is 11.3 Å². The molecule has 1 aromatic carbocycles. The molecule has 0 unspecified atom stereocenters. The van der Waals surface area contributed by atoms with Crippen LogP contribution in [0.15, 0.2) is 6.07 Å². The maximum Gasteiger partial charge on any atom is 0.168 e. The molecular weight excluding hydrogens is 260 g/mol. The molecule has 0 saturated heterocycles. The van der Waals surface area contributed by atoms with Gasteiger partial charge < -0.3 is 24.1 Å². The number of rotatable bonds is 4. The molecule has 20 heavy (non-hydrogen) atoms. The van der Waals surface area contributed by atoms with Crippen molar-refractivity contribution in [2.24, 2.45) is 0 Å². The third-order valence-corrected chi connectivity index (χ3v) is 3.38. The molecule has 1 aromatic rings. The fourth-order valence-electron chi connectivity index (χ4n) is 2.37. The van der Waals surface area contributed by atoms with Gasteiger partial charge in [0.2, 0.25) is 0 Å². The molecule has 0 aliphatic carbocycles. The Morgan fingerprint density at radius 1 is 1.25 bits per heavy atom. The van der Waals surface area contributed by atoms with Crippen molar-refractivity contribution in [1.29, 1.82) is 0 Å². The summed E-state index contributed by atoms with van der Waals surface area (Å²) in [4.78, 5) is 0. The number of aliphatic hydroxyl groups excluding tert-OH is 1. The lowest BCUT2D eigenvalue weighted by atomic mass is 9.94. The van der Waals surface area contributed by atoms with Crippen molar-refractivity contribution in [2.45, 2.75) is 45.7 Å². The number of benzene rings is 1. The average Bonchev–Trinajstić information content (AvgIpc) is 2.42. The third-order valence-electron chi connectivity index (χ3n) is 3.38. The van der Waals surface area contributed by atoms with Gasteiger partial charge in [-0.2, -0.15) is 0 Å². The highest BCUT2D eigenvalue weighted by atomic mass is 16.5. The summed E-state index contributed by atoms with van der Waals surface area (Å²) in [6.45, 7) is 6.09. The normalized spacial score (nSPS) is 21.6. The number of ether oxygens (including phenoxy) is 4. The van der Waals surface area contributed by atoms with Gasteiger partial charge in [0.05, 0.1) is 33.0 Å². The Bertz CT molecular complexity index is 484. The molecule has 2 atom stereocenters. The molecule has 0 saturated carbocycles. The van der Waals surface area contributed by atoms with Crippen LogP contribution in [0.25, 0.3) is 0 Å². The first-order chi connectivity index (χ1) is 9.49. The van der Waals surface area contributed by atoms with Crippen LogP contribution in [0.3, 0.4) is 0 Å². The molecule has 0 spiro atoms. The van der Waals surface area contributed by atoms with Crippen LogP contribution in [0.2, 0.25) is 0 Å². The van der Waals surface area contributed by atoms with Crippen molar-refractivity contribution in [3.8, 4) is 17.2 Å². The number of aliphatic hydroxyl groups is 1. The minimum atomic E-state index is -0.767. The lowest BCUT2D eigenvalue weighted by Gasteiger charge is -2.32. The van der Waals surface area contributed by atoms with E-state index >= 15 is 0 Å². The van der Waals surface area contributed by atoms with Crippen LogP contribution in [-0.4, -0.2) is 31.5 Å². The van der Waals surface area contributed by atoms with Crippen molar-refractivity contribution in [2.75, 3.05) is 14.2 Å². The Labute approximate surface area is 119 Å². The molecule has 0 fully saturated rings. The first kappa shape index (κ1) is 14.9. The van der Waals surface area contributed by atoms with Crippen LogP contribution >= 0.6 is 0 Å². The topological polar surface area (TPSA) is 57.2 Å². The summed E-state index contributed by atoms with van der Waals surface area (Å²) in [6.07, 6.45) is -1.09. The molecule has 0 amide bonds. The maximum atomic E-state index is 10.4. The molecule has 1 aliphatic rings. The first-order valence-corrected chi connectivity index (χ1v) is 6.73. The van der Waals surface area contributed by atoms with Gasteiger partial charge in [0.25, 0.3) is 0 Å². The molecule has 2 rings (SSSR count). The van der Waals surface area contributed by atoms with E-state index in [-0.39, 0.29) is 12.2 Å². The van der Waals surface area contributed by atoms with Gasteiger partial charge in [0.1, 0.15) is 11.9 Å². The molecule has 112 valence electrons. The van der Waals surface area contributed by atoms with Crippen LogP contribution in [0.5, 0.6) is 17.2 Å². The van der Waals surface area contributed by atoms with Gasteiger partial charge in [0, 0.05) is 17.2 Å². The van der Waals surface area contributed by atoms with E-state index in [9.17, 15) is 5.11 Å². The zero-order valence-corrected chi connectivity index (χ0v) is 12.6. The van der Waals surface area contributed by atoms with E-state index in [1.807, 2.05) is 20.8 Å². The Morgan fingerprint density at radius 2 is 1.90 bits per heavy atom. The zero-order chi connectivity index (χ0) is 14.9. The molecule has 1 N–H and O–H groups in total. The Morgan fingerprint density at radius 3 is 2.45 bits per heavy atom. The molecule has 5 heteroatoms. The molecule has 0 radical (unpaired) electrons. The summed E-state index contributed by atoms with van der Waals surface area (Å²) in [6, 6.07) is 1.77. The summed E-state index contributed by atoms with van der Waals surface area (Å²) in [5.74, 6) is 1.77. The fourth-order valence-corrected chi connectivity index (χ4v) is 2.37. The first-order valence-electron chi connectivity index (χ1n) is 6.73. The van der Waals surface area contributed by atoms with Gasteiger partial charge in [-0.25, -0.2) is 0 Å². The van der Waals surface area contributed by atoms with E-state index in [1.54, 1.807) is 20.3 Å². The second-order valence-corrected chi connectivity index (χ2v) is 5.13. The van der Waals surface area contributed by atoms with Crippen LogP contribution in [0.4, 0.5) is 0 Å². The SMILES string of the molecule is COc1cc(OC)c(OC(C)C)c2c1CO[C@@H](C)[C@H]2O. The summed E-state index contributed by atoms with van der Waals surface area (Å²) in [5.41, 5.74) is 1.52. The molecule has 0 aromatic heterocycles. The highest BCUT2D eigenvalue weighted by Crippen LogP contribution is 2.46. The Kier molecular flexibility index (Phi) is 4.40. The zero-order valence-electron chi connectivity index (χ0n) is 12.6. The molecule has 1 heterocycles. The molecule has 1 aliphatic heterocycles.